The van der Waals surface area contributed by atoms with Crippen LogP contribution in [0.1, 0.15) is 67.0 Å². The van der Waals surface area contributed by atoms with Crippen molar-refractivity contribution < 1.29 is 19.2 Å². The molecule has 0 unspecified atom stereocenters. The molecule has 7 rings (SSSR count). The molecule has 2 N–H and O–H groups in total. The number of halogens is 1. The molecule has 4 heterocycles. The predicted octanol–water partition coefficient (Wildman–Crippen LogP) is 4.98. The molecular weight excluding hydrogens is 654 g/mol. The van der Waals surface area contributed by atoms with Gasteiger partial charge in [-0.05, 0) is 79.5 Å². The number of aryl methyl sites for hydroxylation is 1. The highest BCUT2D eigenvalue weighted by molar-refractivity contribution is 6.30. The topological polar surface area (TPSA) is 139 Å². The second-order valence-electron chi connectivity index (χ2n) is 13.8. The zero-order chi connectivity index (χ0) is 35.2. The number of benzene rings is 2. The number of amides is 3. The highest BCUT2D eigenvalue weighted by Gasteiger charge is 2.72. The van der Waals surface area contributed by atoms with Crippen molar-refractivity contribution in [2.24, 2.45) is 11.3 Å². The van der Waals surface area contributed by atoms with E-state index in [-0.39, 0.29) is 54.2 Å². The molecule has 2 aliphatic heterocycles. The third kappa shape index (κ3) is 6.30. The highest BCUT2D eigenvalue weighted by atomic mass is 35.5. The lowest BCUT2D eigenvalue weighted by atomic mass is 9.95. The van der Waals surface area contributed by atoms with Crippen LogP contribution in [0.3, 0.4) is 0 Å². The smallest absolute Gasteiger partial charge is 0.245 e. The fraction of sp³-hybridized carbons (Fsp3) is 0.395. The molecule has 1 aliphatic carbocycles. The summed E-state index contributed by atoms with van der Waals surface area (Å²) in [6.07, 6.45) is 10.4. The molecule has 1 saturated heterocycles. The van der Waals surface area contributed by atoms with E-state index in [9.17, 15) is 19.2 Å². The average molecular weight is 694 g/mol. The molecule has 258 valence electrons. The van der Waals surface area contributed by atoms with Crippen molar-refractivity contribution in [3.8, 4) is 11.1 Å². The van der Waals surface area contributed by atoms with Gasteiger partial charge in [-0.2, -0.15) is 5.10 Å². The number of Topliss-reactive ketones (excluding diaryl/α,β-unsaturated/α-hetero) is 1. The summed E-state index contributed by atoms with van der Waals surface area (Å²) in [7, 11) is 0. The summed E-state index contributed by atoms with van der Waals surface area (Å²) in [5, 5.41) is 12.1. The van der Waals surface area contributed by atoms with Crippen LogP contribution < -0.4 is 10.6 Å². The number of carbonyl (C=O) groups excluding carboxylic acids is 4. The van der Waals surface area contributed by atoms with E-state index in [0.717, 1.165) is 28.7 Å². The summed E-state index contributed by atoms with van der Waals surface area (Å²) in [4.78, 5) is 64.7. The minimum Gasteiger partial charge on any atom is -0.355 e. The summed E-state index contributed by atoms with van der Waals surface area (Å²) in [5.74, 6) is -0.0399. The minimum absolute atomic E-state index is 0.0340. The molecule has 12 heteroatoms. The monoisotopic (exact) mass is 693 g/mol. The Morgan fingerprint density at radius 1 is 1.10 bits per heavy atom. The summed E-state index contributed by atoms with van der Waals surface area (Å²) in [5.41, 5.74) is 3.93. The first-order valence-corrected chi connectivity index (χ1v) is 17.5. The molecule has 0 spiro atoms. The molecule has 3 aliphatic rings. The van der Waals surface area contributed by atoms with E-state index in [0.29, 0.717) is 54.0 Å². The van der Waals surface area contributed by atoms with E-state index in [2.05, 4.69) is 33.6 Å². The Kier molecular flexibility index (Phi) is 9.02. The normalized spacial score (nSPS) is 24.3. The number of aromatic nitrogens is 4. The standard InChI is InChI=1S/C38H40ClN7O4/c1-22-36-38(22)16-31(37(50)42-17-25-9-8-11-29(39)13-25)46(36)33(49)20-45-35-26(10-6-4-5-7-12-32(48)43-21-38)14-27(28-18-40-24(3)41-19-28)15-30(35)34(44-45)23(2)47/h4,6,8-9,11,13-15,18-19,22,31,36H,5,7,10,12,16-17,20-21H2,1-3H3,(H,42,50)(H,43,48)/b6-4+/t22-,31-,36+,38+/m0/s1. The van der Waals surface area contributed by atoms with Gasteiger partial charge in [0.1, 0.15) is 24.1 Å². The molecule has 3 amide bonds. The summed E-state index contributed by atoms with van der Waals surface area (Å²) in [6, 6.07) is 10.3. The Labute approximate surface area is 295 Å². The van der Waals surface area contributed by atoms with Gasteiger partial charge in [-0.3, -0.25) is 23.9 Å². The van der Waals surface area contributed by atoms with Gasteiger partial charge in [0.25, 0.3) is 0 Å². The Morgan fingerprint density at radius 2 is 1.90 bits per heavy atom. The summed E-state index contributed by atoms with van der Waals surface area (Å²) in [6.45, 7) is 5.87. The van der Waals surface area contributed by atoms with Crippen molar-refractivity contribution in [1.29, 1.82) is 0 Å². The lowest BCUT2D eigenvalue weighted by Crippen LogP contribution is -2.49. The van der Waals surface area contributed by atoms with Gasteiger partial charge in [0.05, 0.1) is 5.52 Å². The van der Waals surface area contributed by atoms with Crippen LogP contribution in [0, 0.1) is 18.3 Å². The van der Waals surface area contributed by atoms with Crippen LogP contribution in [0.5, 0.6) is 0 Å². The number of ketones is 1. The molecule has 11 nitrogen and oxygen atoms in total. The van der Waals surface area contributed by atoms with E-state index in [1.807, 2.05) is 37.3 Å². The first-order chi connectivity index (χ1) is 24.1. The Hall–Kier alpha value is -4.90. The zero-order valence-corrected chi connectivity index (χ0v) is 29.2. The minimum atomic E-state index is -0.733. The lowest BCUT2D eigenvalue weighted by molar-refractivity contribution is -0.140. The molecule has 0 radical (unpaired) electrons. The number of hydrogen-bond donors (Lipinski definition) is 2. The second kappa shape index (κ2) is 13.4. The fourth-order valence-electron chi connectivity index (χ4n) is 7.90. The SMILES string of the molecule is CC(=O)c1nn2c3c(cc(-c4cnc(C)nc4)cc13)C/C=C/CCCC(=O)NC[C@@]13C[C@@H](C(=O)NCc4cccc(Cl)c4)N(C(=O)C2)[C@@H]1[C@@H]3C. The molecule has 2 aromatic heterocycles. The second-order valence-corrected chi connectivity index (χ2v) is 14.2. The molecule has 2 fully saturated rings. The van der Waals surface area contributed by atoms with Crippen LogP contribution in [0.2, 0.25) is 5.02 Å². The van der Waals surface area contributed by atoms with Crippen LogP contribution in [0.15, 0.2) is 60.9 Å². The Balaban J connectivity index is 1.28. The van der Waals surface area contributed by atoms with Gasteiger partial charge >= 0.3 is 0 Å². The quantitative estimate of drug-likeness (QED) is 0.222. The largest absolute Gasteiger partial charge is 0.355 e. The molecule has 4 atom stereocenters. The number of rotatable bonds is 5. The zero-order valence-electron chi connectivity index (χ0n) is 28.4. The number of carbonyl (C=O) groups is 4. The van der Waals surface area contributed by atoms with Crippen LogP contribution >= 0.6 is 11.6 Å². The van der Waals surface area contributed by atoms with Gasteiger partial charge < -0.3 is 15.5 Å². The van der Waals surface area contributed by atoms with E-state index < -0.39 is 11.5 Å². The maximum atomic E-state index is 14.5. The third-order valence-electron chi connectivity index (χ3n) is 10.6. The van der Waals surface area contributed by atoms with Crippen molar-refractivity contribution in [3.05, 3.63) is 88.6 Å². The van der Waals surface area contributed by atoms with E-state index >= 15 is 0 Å². The van der Waals surface area contributed by atoms with Crippen molar-refractivity contribution in [1.82, 2.24) is 35.3 Å². The van der Waals surface area contributed by atoms with Crippen LogP contribution in [-0.2, 0) is 33.9 Å². The molecule has 2 bridgehead atoms. The summed E-state index contributed by atoms with van der Waals surface area (Å²) < 4.78 is 1.63. The van der Waals surface area contributed by atoms with Gasteiger partial charge in [0.2, 0.25) is 17.7 Å². The molecule has 50 heavy (non-hydrogen) atoms. The average Bonchev–Trinajstić information content (AvgIpc) is 3.35. The summed E-state index contributed by atoms with van der Waals surface area (Å²) >= 11 is 6.17. The first kappa shape index (κ1) is 33.6. The molecule has 1 saturated carbocycles. The predicted molar refractivity (Wildman–Crippen MR) is 189 cm³/mol. The number of allylic oxidation sites excluding steroid dienone is 2. The highest BCUT2D eigenvalue weighted by Crippen LogP contribution is 2.64. The fourth-order valence-corrected chi connectivity index (χ4v) is 8.11. The van der Waals surface area contributed by atoms with Gasteiger partial charge in [-0.15, -0.1) is 0 Å². The Bertz CT molecular complexity index is 2040. The maximum Gasteiger partial charge on any atom is 0.245 e. The molecule has 2 aromatic carbocycles. The third-order valence-corrected chi connectivity index (χ3v) is 10.8. The van der Waals surface area contributed by atoms with Gasteiger partial charge in [-0.25, -0.2) is 9.97 Å². The van der Waals surface area contributed by atoms with Gasteiger partial charge in [0.15, 0.2) is 5.78 Å². The lowest BCUT2D eigenvalue weighted by Gasteiger charge is -2.28. The van der Waals surface area contributed by atoms with Crippen molar-refractivity contribution in [2.45, 2.75) is 78.0 Å². The van der Waals surface area contributed by atoms with E-state index in [1.165, 1.54) is 6.92 Å². The van der Waals surface area contributed by atoms with Crippen molar-refractivity contribution >= 4 is 46.0 Å². The number of nitrogens with one attached hydrogen (secondary N) is 2. The van der Waals surface area contributed by atoms with Crippen molar-refractivity contribution in [2.75, 3.05) is 6.54 Å². The Morgan fingerprint density at radius 3 is 2.66 bits per heavy atom. The van der Waals surface area contributed by atoms with E-state index in [1.54, 1.807) is 34.1 Å². The number of hydrogen-bond acceptors (Lipinski definition) is 7. The van der Waals surface area contributed by atoms with Crippen molar-refractivity contribution in [3.63, 3.8) is 0 Å². The molecular formula is C38H40ClN7O4. The van der Waals surface area contributed by atoms with Crippen LogP contribution in [-0.4, -0.2) is 66.8 Å². The number of piperidine rings is 1. The van der Waals surface area contributed by atoms with Crippen LogP contribution in [0.4, 0.5) is 0 Å². The van der Waals surface area contributed by atoms with E-state index in [4.69, 9.17) is 16.7 Å². The maximum absolute atomic E-state index is 14.5. The van der Waals surface area contributed by atoms with Gasteiger partial charge in [-0.1, -0.05) is 42.8 Å². The van der Waals surface area contributed by atoms with Gasteiger partial charge in [0, 0.05) is 66.3 Å². The molecule has 4 aromatic rings. The number of nitrogens with zero attached hydrogens (tertiary/aromatic N) is 5. The first-order valence-electron chi connectivity index (χ1n) is 17.1. The van der Waals surface area contributed by atoms with Crippen LogP contribution in [0.25, 0.3) is 22.0 Å².